The molecule has 0 amide bonds. The Morgan fingerprint density at radius 2 is 2.05 bits per heavy atom. The molecule has 3 fully saturated rings. The Morgan fingerprint density at radius 1 is 1.33 bits per heavy atom. The Hall–Kier alpha value is -0.870. The minimum Gasteiger partial charge on any atom is -0.455 e. The number of rotatable bonds is 4. The molecule has 1 aliphatic carbocycles. The fraction of sp³-hybridized carbons (Fsp3) is 0.824. The largest absolute Gasteiger partial charge is 0.455 e. The Balaban J connectivity index is 1.83. The predicted molar refractivity (Wildman–Crippen MR) is 78.8 cm³/mol. The molecule has 0 aromatic rings. The molecule has 0 aromatic heterocycles. The highest BCUT2D eigenvalue weighted by Gasteiger charge is 2.59. The molecule has 1 N–H and O–H groups in total. The van der Waals surface area contributed by atoms with E-state index in [1.54, 1.807) is 6.92 Å². The summed E-state index contributed by atoms with van der Waals surface area (Å²) in [4.78, 5) is 12.1. The highest BCUT2D eigenvalue weighted by atomic mass is 16.6. The zero-order valence-corrected chi connectivity index (χ0v) is 12.9. The number of hydrogen-bond acceptors (Lipinski definition) is 4. The Labute approximate surface area is 126 Å². The Kier molecular flexibility index (Phi) is 3.87. The van der Waals surface area contributed by atoms with Crippen LogP contribution in [0.15, 0.2) is 12.2 Å². The van der Waals surface area contributed by atoms with Crippen LogP contribution < -0.4 is 0 Å². The summed E-state index contributed by atoms with van der Waals surface area (Å²) in [6.07, 6.45) is 8.07. The zero-order valence-electron chi connectivity index (χ0n) is 12.9. The van der Waals surface area contributed by atoms with E-state index >= 15 is 0 Å². The average Bonchev–Trinajstić information content (AvgIpc) is 3.07. The lowest BCUT2D eigenvalue weighted by Crippen LogP contribution is -2.49. The van der Waals surface area contributed by atoms with E-state index < -0.39 is 5.60 Å². The highest BCUT2D eigenvalue weighted by Crippen LogP contribution is 2.54. The van der Waals surface area contributed by atoms with Crippen molar-refractivity contribution in [1.29, 1.82) is 0 Å². The van der Waals surface area contributed by atoms with Crippen LogP contribution >= 0.6 is 0 Å². The molecule has 1 saturated carbocycles. The van der Waals surface area contributed by atoms with Crippen molar-refractivity contribution in [2.75, 3.05) is 6.61 Å². The topological polar surface area (TPSA) is 55.8 Å². The van der Waals surface area contributed by atoms with Gasteiger partial charge in [-0.05, 0) is 51.9 Å². The van der Waals surface area contributed by atoms with Gasteiger partial charge in [0.2, 0.25) is 0 Å². The van der Waals surface area contributed by atoms with E-state index in [1.807, 2.05) is 0 Å². The van der Waals surface area contributed by atoms with Gasteiger partial charge in [0, 0.05) is 11.5 Å². The van der Waals surface area contributed by atoms with Crippen molar-refractivity contribution in [3.8, 4) is 0 Å². The summed E-state index contributed by atoms with van der Waals surface area (Å²) in [5, 5.41) is 9.67. The molecular weight excluding hydrogens is 268 g/mol. The van der Waals surface area contributed by atoms with Crippen molar-refractivity contribution in [2.24, 2.45) is 5.92 Å². The molecule has 2 heterocycles. The average molecular weight is 294 g/mol. The predicted octanol–water partition coefficient (Wildman–Crippen LogP) is 2.74. The van der Waals surface area contributed by atoms with Crippen molar-refractivity contribution in [3.05, 3.63) is 12.2 Å². The third-order valence-electron chi connectivity index (χ3n) is 5.63. The number of aliphatic hydroxyl groups excluding tert-OH is 1. The SMILES string of the molecule is C=C(C)C(=O)OC1(C2CC3(CO)CCC2O3)CCCCC1. The van der Waals surface area contributed by atoms with Crippen molar-refractivity contribution >= 4 is 5.97 Å². The van der Waals surface area contributed by atoms with Crippen LogP contribution in [-0.4, -0.2) is 35.0 Å². The molecule has 3 aliphatic rings. The van der Waals surface area contributed by atoms with Crippen LogP contribution in [-0.2, 0) is 14.3 Å². The van der Waals surface area contributed by atoms with Gasteiger partial charge in [0.05, 0.1) is 18.3 Å². The lowest BCUT2D eigenvalue weighted by atomic mass is 9.67. The van der Waals surface area contributed by atoms with Crippen LogP contribution in [0.4, 0.5) is 0 Å². The first-order chi connectivity index (χ1) is 10.0. The second-order valence-electron chi connectivity index (χ2n) is 7.14. The smallest absolute Gasteiger partial charge is 0.333 e. The van der Waals surface area contributed by atoms with Crippen LogP contribution in [0.3, 0.4) is 0 Å². The molecule has 0 aromatic carbocycles. The van der Waals surface area contributed by atoms with Crippen LogP contribution in [0.2, 0.25) is 0 Å². The molecule has 0 spiro atoms. The second kappa shape index (κ2) is 5.40. The molecule has 3 atom stereocenters. The van der Waals surface area contributed by atoms with Gasteiger partial charge >= 0.3 is 5.97 Å². The number of fused-ring (bicyclic) bond motifs is 2. The van der Waals surface area contributed by atoms with Gasteiger partial charge in [-0.2, -0.15) is 0 Å². The lowest BCUT2D eigenvalue weighted by molar-refractivity contribution is -0.169. The molecule has 0 radical (unpaired) electrons. The van der Waals surface area contributed by atoms with E-state index in [0.29, 0.717) is 5.57 Å². The summed E-state index contributed by atoms with van der Waals surface area (Å²) in [5.74, 6) is -0.0558. The van der Waals surface area contributed by atoms with Gasteiger partial charge in [-0.15, -0.1) is 0 Å². The molecule has 118 valence electrons. The number of esters is 1. The first-order valence-electron chi connectivity index (χ1n) is 8.18. The van der Waals surface area contributed by atoms with E-state index in [-0.39, 0.29) is 30.2 Å². The van der Waals surface area contributed by atoms with Crippen LogP contribution in [0.5, 0.6) is 0 Å². The van der Waals surface area contributed by atoms with Crippen molar-refractivity contribution < 1.29 is 19.4 Å². The van der Waals surface area contributed by atoms with Crippen LogP contribution in [0.1, 0.15) is 58.3 Å². The normalized spacial score (nSPS) is 37.4. The molecule has 21 heavy (non-hydrogen) atoms. The van der Waals surface area contributed by atoms with E-state index in [0.717, 1.165) is 44.9 Å². The van der Waals surface area contributed by atoms with Crippen LogP contribution in [0, 0.1) is 5.92 Å². The first-order valence-corrected chi connectivity index (χ1v) is 8.18. The molecule has 4 heteroatoms. The quantitative estimate of drug-likeness (QED) is 0.640. The molecule has 3 unspecified atom stereocenters. The molecule has 2 aliphatic heterocycles. The summed E-state index contributed by atoms with van der Waals surface area (Å²) in [6, 6.07) is 0. The summed E-state index contributed by atoms with van der Waals surface area (Å²) >= 11 is 0. The van der Waals surface area contributed by atoms with Gasteiger partial charge in [0.15, 0.2) is 0 Å². The van der Waals surface area contributed by atoms with Gasteiger partial charge in [-0.1, -0.05) is 13.0 Å². The highest BCUT2D eigenvalue weighted by molar-refractivity contribution is 5.87. The van der Waals surface area contributed by atoms with Gasteiger partial charge in [-0.3, -0.25) is 0 Å². The number of carbonyl (C=O) groups excluding carboxylic acids is 1. The molecule has 2 saturated heterocycles. The van der Waals surface area contributed by atoms with Gasteiger partial charge in [0.25, 0.3) is 0 Å². The minimum atomic E-state index is -0.406. The Morgan fingerprint density at radius 3 is 2.62 bits per heavy atom. The van der Waals surface area contributed by atoms with Crippen LogP contribution in [0.25, 0.3) is 0 Å². The summed E-state index contributed by atoms with van der Waals surface area (Å²) in [5.41, 5.74) is -0.327. The standard InChI is InChI=1S/C17H26O4/c1-12(2)15(19)21-17(7-4-3-5-8-17)13-10-16(11-18)9-6-14(13)20-16/h13-14,18H,1,3-11H2,2H3. The van der Waals surface area contributed by atoms with E-state index in [1.165, 1.54) is 6.42 Å². The molecule has 2 bridgehead atoms. The monoisotopic (exact) mass is 294 g/mol. The van der Waals surface area contributed by atoms with Gasteiger partial charge in [0.1, 0.15) is 5.60 Å². The number of aliphatic hydroxyl groups is 1. The fourth-order valence-electron chi connectivity index (χ4n) is 4.49. The second-order valence-corrected chi connectivity index (χ2v) is 7.14. The van der Waals surface area contributed by atoms with Gasteiger partial charge < -0.3 is 14.6 Å². The maximum Gasteiger partial charge on any atom is 0.333 e. The summed E-state index contributed by atoms with van der Waals surface area (Å²) < 4.78 is 12.0. The summed E-state index contributed by atoms with van der Waals surface area (Å²) in [6.45, 7) is 5.48. The van der Waals surface area contributed by atoms with Crippen molar-refractivity contribution in [1.82, 2.24) is 0 Å². The minimum absolute atomic E-state index is 0.0739. The lowest BCUT2D eigenvalue weighted by Gasteiger charge is -2.44. The van der Waals surface area contributed by atoms with Crippen molar-refractivity contribution in [2.45, 2.75) is 75.6 Å². The maximum atomic E-state index is 12.1. The first kappa shape index (κ1) is 15.0. The number of carbonyl (C=O) groups is 1. The van der Waals surface area contributed by atoms with E-state index in [2.05, 4.69) is 6.58 Å². The zero-order chi connectivity index (χ0) is 15.1. The number of hydrogen-bond donors (Lipinski definition) is 1. The maximum absolute atomic E-state index is 12.1. The molecular formula is C17H26O4. The van der Waals surface area contributed by atoms with Gasteiger partial charge in [-0.25, -0.2) is 4.79 Å². The Bertz CT molecular complexity index is 438. The molecule has 4 nitrogen and oxygen atoms in total. The summed E-state index contributed by atoms with van der Waals surface area (Å²) in [7, 11) is 0. The number of ether oxygens (including phenoxy) is 2. The fourth-order valence-corrected chi connectivity index (χ4v) is 4.49. The molecule has 3 rings (SSSR count). The van der Waals surface area contributed by atoms with Crippen molar-refractivity contribution in [3.63, 3.8) is 0 Å². The third kappa shape index (κ3) is 2.53. The van der Waals surface area contributed by atoms with E-state index in [4.69, 9.17) is 9.47 Å². The third-order valence-corrected chi connectivity index (χ3v) is 5.63. The van der Waals surface area contributed by atoms with E-state index in [9.17, 15) is 9.90 Å².